The Bertz CT molecular complexity index is 701. The summed E-state index contributed by atoms with van der Waals surface area (Å²) in [4.78, 5) is 11.3. The van der Waals surface area contributed by atoms with Gasteiger partial charge in [-0.2, -0.15) is 0 Å². The molecule has 2 rings (SSSR count). The molecule has 122 valence electrons. The Kier molecular flexibility index (Phi) is 5.57. The maximum absolute atomic E-state index is 14.1. The van der Waals surface area contributed by atoms with Crippen molar-refractivity contribution in [1.29, 1.82) is 0 Å². The average Bonchev–Trinajstić information content (AvgIpc) is 2.55. The van der Waals surface area contributed by atoms with Crippen LogP contribution in [0, 0.1) is 12.7 Å². The lowest BCUT2D eigenvalue weighted by molar-refractivity contribution is 0.187. The highest BCUT2D eigenvalue weighted by atomic mass is 19.1. The fourth-order valence-corrected chi connectivity index (χ4v) is 2.23. The number of benzene rings is 2. The summed E-state index contributed by atoms with van der Waals surface area (Å²) in [5, 5.41) is 2.49. The maximum atomic E-state index is 14.1. The third-order valence-electron chi connectivity index (χ3n) is 3.56. The predicted molar refractivity (Wildman–Crippen MR) is 87.3 cm³/mol. The van der Waals surface area contributed by atoms with Gasteiger partial charge in [0.2, 0.25) is 0 Å². The van der Waals surface area contributed by atoms with Crippen LogP contribution in [-0.4, -0.2) is 13.2 Å². The van der Waals surface area contributed by atoms with Gasteiger partial charge in [-0.05, 0) is 42.7 Å². The summed E-state index contributed by atoms with van der Waals surface area (Å²) in [7, 11) is 1.25. The summed E-state index contributed by atoms with van der Waals surface area (Å²) >= 11 is 0. The van der Waals surface area contributed by atoms with Gasteiger partial charge in [0.15, 0.2) is 0 Å². The molecule has 0 heterocycles. The smallest absolute Gasteiger partial charge is 0.411 e. The second kappa shape index (κ2) is 7.63. The predicted octanol–water partition coefficient (Wildman–Crippen LogP) is 4.45. The van der Waals surface area contributed by atoms with E-state index in [1.807, 2.05) is 25.1 Å². The normalized spacial score (nSPS) is 10.3. The molecule has 0 atom stereocenters. The van der Waals surface area contributed by atoms with Crippen LogP contribution in [0.2, 0.25) is 0 Å². The molecular formula is C18H20FNO3. The maximum Gasteiger partial charge on any atom is 0.411 e. The first-order chi connectivity index (χ1) is 11.0. The molecule has 0 aliphatic rings. The van der Waals surface area contributed by atoms with Crippen molar-refractivity contribution in [2.45, 2.75) is 26.9 Å². The molecule has 1 N–H and O–H groups in total. The molecule has 5 heteroatoms. The molecule has 4 nitrogen and oxygen atoms in total. The molecular weight excluding hydrogens is 297 g/mol. The molecule has 0 radical (unpaired) electrons. The minimum Gasteiger partial charge on any atom is -0.488 e. The monoisotopic (exact) mass is 317 g/mol. The number of hydrogen-bond donors (Lipinski definition) is 1. The highest BCUT2D eigenvalue weighted by Crippen LogP contribution is 2.24. The zero-order chi connectivity index (χ0) is 16.8. The van der Waals surface area contributed by atoms with Crippen LogP contribution >= 0.6 is 0 Å². The molecule has 0 saturated heterocycles. The van der Waals surface area contributed by atoms with Gasteiger partial charge in [0.25, 0.3) is 0 Å². The molecule has 0 unspecified atom stereocenters. The van der Waals surface area contributed by atoms with E-state index in [2.05, 4.69) is 17.0 Å². The topological polar surface area (TPSA) is 47.6 Å². The fourth-order valence-electron chi connectivity index (χ4n) is 2.23. The van der Waals surface area contributed by atoms with Crippen LogP contribution in [0.1, 0.15) is 23.6 Å². The number of ether oxygens (including phenoxy) is 2. The number of methoxy groups -OCH3 is 1. The second-order valence-corrected chi connectivity index (χ2v) is 5.12. The van der Waals surface area contributed by atoms with E-state index in [4.69, 9.17) is 4.74 Å². The molecule has 23 heavy (non-hydrogen) atoms. The minimum absolute atomic E-state index is 0.0122. The van der Waals surface area contributed by atoms with E-state index in [1.54, 1.807) is 6.07 Å². The molecule has 0 spiro atoms. The summed E-state index contributed by atoms with van der Waals surface area (Å²) in [6, 6.07) is 10.4. The molecule has 0 fully saturated rings. The lowest BCUT2D eigenvalue weighted by atomic mass is 10.1. The fraction of sp³-hybridized carbons (Fsp3) is 0.278. The highest BCUT2D eigenvalue weighted by molar-refractivity contribution is 5.85. The molecule has 0 saturated carbocycles. The van der Waals surface area contributed by atoms with Gasteiger partial charge in [0, 0.05) is 5.56 Å². The first-order valence-electron chi connectivity index (χ1n) is 7.39. The summed E-state index contributed by atoms with van der Waals surface area (Å²) in [6.07, 6.45) is 0.294. The van der Waals surface area contributed by atoms with Crippen LogP contribution < -0.4 is 10.1 Å². The van der Waals surface area contributed by atoms with Crippen LogP contribution in [0.25, 0.3) is 0 Å². The third-order valence-corrected chi connectivity index (χ3v) is 3.56. The second-order valence-electron chi connectivity index (χ2n) is 5.12. The van der Waals surface area contributed by atoms with Crippen molar-refractivity contribution in [2.75, 3.05) is 12.4 Å². The van der Waals surface area contributed by atoms with Gasteiger partial charge in [-0.15, -0.1) is 0 Å². The van der Waals surface area contributed by atoms with Crippen molar-refractivity contribution in [3.63, 3.8) is 0 Å². The van der Waals surface area contributed by atoms with E-state index >= 15 is 0 Å². The lowest BCUT2D eigenvalue weighted by Gasteiger charge is -2.14. The molecule has 1 amide bonds. The Morgan fingerprint density at radius 1 is 1.26 bits per heavy atom. The number of carbonyl (C=O) groups is 1. The number of nitrogens with one attached hydrogen (secondary N) is 1. The Hall–Kier alpha value is -2.56. The van der Waals surface area contributed by atoms with Crippen molar-refractivity contribution >= 4 is 11.8 Å². The Balaban J connectivity index is 2.18. The molecule has 2 aromatic carbocycles. The van der Waals surface area contributed by atoms with Crippen LogP contribution in [0.15, 0.2) is 36.4 Å². The quantitative estimate of drug-likeness (QED) is 0.886. The van der Waals surface area contributed by atoms with Crippen LogP contribution in [-0.2, 0) is 17.8 Å². The van der Waals surface area contributed by atoms with E-state index in [9.17, 15) is 9.18 Å². The molecule has 0 bridgehead atoms. The van der Waals surface area contributed by atoms with E-state index in [-0.39, 0.29) is 12.2 Å². The first-order valence-corrected chi connectivity index (χ1v) is 7.39. The van der Waals surface area contributed by atoms with Crippen molar-refractivity contribution in [2.24, 2.45) is 0 Å². The molecule has 0 aliphatic heterocycles. The van der Waals surface area contributed by atoms with Gasteiger partial charge in [-0.25, -0.2) is 9.18 Å². The largest absolute Gasteiger partial charge is 0.488 e. The van der Waals surface area contributed by atoms with Gasteiger partial charge >= 0.3 is 6.09 Å². The summed E-state index contributed by atoms with van der Waals surface area (Å²) in [5.41, 5.74) is 2.81. The summed E-state index contributed by atoms with van der Waals surface area (Å²) in [5.74, 6) is 0.246. The Morgan fingerprint density at radius 2 is 2.04 bits per heavy atom. The van der Waals surface area contributed by atoms with Gasteiger partial charge in [-0.3, -0.25) is 5.32 Å². The van der Waals surface area contributed by atoms with Crippen molar-refractivity contribution in [3.8, 4) is 5.75 Å². The number of rotatable bonds is 5. The van der Waals surface area contributed by atoms with Crippen LogP contribution in [0.5, 0.6) is 5.75 Å². The molecule has 0 aromatic heterocycles. The minimum atomic E-state index is -0.652. The van der Waals surface area contributed by atoms with E-state index in [0.717, 1.165) is 12.0 Å². The van der Waals surface area contributed by atoms with Crippen LogP contribution in [0.4, 0.5) is 14.9 Å². The van der Waals surface area contributed by atoms with Gasteiger partial charge in [0.1, 0.15) is 18.2 Å². The zero-order valence-corrected chi connectivity index (χ0v) is 13.5. The van der Waals surface area contributed by atoms with Crippen molar-refractivity contribution in [3.05, 3.63) is 58.9 Å². The summed E-state index contributed by atoms with van der Waals surface area (Å²) in [6.45, 7) is 4.04. The number of halogens is 1. The van der Waals surface area contributed by atoms with Gasteiger partial charge < -0.3 is 9.47 Å². The summed E-state index contributed by atoms with van der Waals surface area (Å²) < 4.78 is 24.3. The van der Waals surface area contributed by atoms with E-state index in [0.29, 0.717) is 11.4 Å². The number of aryl methyl sites for hydroxylation is 2. The van der Waals surface area contributed by atoms with Crippen LogP contribution in [0.3, 0.4) is 0 Å². The van der Waals surface area contributed by atoms with Gasteiger partial charge in [0.05, 0.1) is 12.8 Å². The number of hydrogen-bond acceptors (Lipinski definition) is 3. The average molecular weight is 317 g/mol. The Labute approximate surface area is 135 Å². The standard InChI is InChI=1S/C18H20FNO3/c1-4-13-8-9-17(12(2)10-13)23-11-14-15(19)6-5-7-16(14)20-18(21)22-3/h5-10H,4,11H2,1-3H3,(H,20,21). The van der Waals surface area contributed by atoms with E-state index in [1.165, 1.54) is 24.8 Å². The Morgan fingerprint density at radius 3 is 2.70 bits per heavy atom. The van der Waals surface area contributed by atoms with Crippen molar-refractivity contribution in [1.82, 2.24) is 0 Å². The van der Waals surface area contributed by atoms with E-state index < -0.39 is 11.9 Å². The first kappa shape index (κ1) is 16.8. The molecule has 0 aliphatic carbocycles. The number of amides is 1. The highest BCUT2D eigenvalue weighted by Gasteiger charge is 2.12. The number of anilines is 1. The van der Waals surface area contributed by atoms with Gasteiger partial charge in [-0.1, -0.05) is 25.1 Å². The number of carbonyl (C=O) groups excluding carboxylic acids is 1. The molecule has 2 aromatic rings. The zero-order valence-electron chi connectivity index (χ0n) is 13.5. The third kappa shape index (κ3) is 4.22. The van der Waals surface area contributed by atoms with Crippen molar-refractivity contribution < 1.29 is 18.7 Å². The SMILES string of the molecule is CCc1ccc(OCc2c(F)cccc2NC(=O)OC)c(C)c1. The lowest BCUT2D eigenvalue weighted by Crippen LogP contribution is -2.14.